The molecule has 0 fully saturated rings. The van der Waals surface area contributed by atoms with Gasteiger partial charge in [-0.3, -0.25) is 0 Å². The second-order valence-corrected chi connectivity index (χ2v) is 9.29. The van der Waals surface area contributed by atoms with Crippen molar-refractivity contribution in [2.24, 2.45) is 0 Å². The Morgan fingerprint density at radius 2 is 1.08 bits per heavy atom. The molecule has 2 aromatic heterocycles. The minimum absolute atomic E-state index is 0.711. The van der Waals surface area contributed by atoms with Crippen LogP contribution in [0.25, 0.3) is 56.0 Å². The number of aromatic nitrogens is 4. The molecule has 5 aromatic carbocycles. The maximum absolute atomic E-state index is 4.96. The molecule has 7 rings (SSSR count). The van der Waals surface area contributed by atoms with Crippen molar-refractivity contribution in [1.29, 1.82) is 0 Å². The zero-order valence-corrected chi connectivity index (χ0v) is 20.4. The lowest BCUT2D eigenvalue weighted by molar-refractivity contribution is 0.889. The van der Waals surface area contributed by atoms with Crippen LogP contribution in [0.4, 0.5) is 0 Å². The Labute approximate surface area is 215 Å². The number of fused-ring (bicyclic) bond motifs is 3. The minimum Gasteiger partial charge on any atom is -0.309 e. The number of hydrogen-bond donors (Lipinski definition) is 0. The fourth-order valence-electron chi connectivity index (χ4n) is 5.03. The summed E-state index contributed by atoms with van der Waals surface area (Å²) in [6.45, 7) is 2.09. The molecule has 0 spiro atoms. The highest BCUT2D eigenvalue weighted by molar-refractivity contribution is 6.09. The van der Waals surface area contributed by atoms with Crippen LogP contribution in [0.5, 0.6) is 0 Å². The highest BCUT2D eigenvalue weighted by atomic mass is 15.4. The van der Waals surface area contributed by atoms with E-state index in [4.69, 9.17) is 10.1 Å². The second kappa shape index (κ2) is 8.61. The summed E-state index contributed by atoms with van der Waals surface area (Å²) in [6, 6.07) is 44.3. The van der Waals surface area contributed by atoms with Gasteiger partial charge in [0.25, 0.3) is 0 Å². The third-order valence-corrected chi connectivity index (χ3v) is 6.88. The van der Waals surface area contributed by atoms with Crippen molar-refractivity contribution in [3.8, 4) is 34.2 Å². The molecule has 0 atom stereocenters. The van der Waals surface area contributed by atoms with Crippen molar-refractivity contribution < 1.29 is 0 Å². The smallest absolute Gasteiger partial charge is 0.182 e. The molecule has 4 heteroatoms. The third-order valence-electron chi connectivity index (χ3n) is 6.88. The molecule has 0 aliphatic rings. The maximum Gasteiger partial charge on any atom is 0.182 e. The van der Waals surface area contributed by atoms with E-state index in [9.17, 15) is 0 Å². The van der Waals surface area contributed by atoms with E-state index in [2.05, 4.69) is 109 Å². The Balaban J connectivity index is 1.37. The first-order valence-corrected chi connectivity index (χ1v) is 12.4. The lowest BCUT2D eigenvalue weighted by Crippen LogP contribution is -2.01. The van der Waals surface area contributed by atoms with Crippen molar-refractivity contribution in [1.82, 2.24) is 19.3 Å². The molecule has 2 heterocycles. The van der Waals surface area contributed by atoms with Gasteiger partial charge in [-0.25, -0.2) is 9.67 Å². The number of benzene rings is 5. The quantitative estimate of drug-likeness (QED) is 0.258. The van der Waals surface area contributed by atoms with E-state index in [1.54, 1.807) is 0 Å². The van der Waals surface area contributed by atoms with Crippen LogP contribution in [0.15, 0.2) is 127 Å². The molecule has 0 aliphatic heterocycles. The van der Waals surface area contributed by atoms with Crippen molar-refractivity contribution in [3.63, 3.8) is 0 Å². The summed E-state index contributed by atoms with van der Waals surface area (Å²) in [5.74, 6) is 1.53. The van der Waals surface area contributed by atoms with Crippen LogP contribution in [-0.2, 0) is 0 Å². The first-order valence-electron chi connectivity index (χ1n) is 12.4. The molecule has 0 radical (unpaired) electrons. The Bertz CT molecular complexity index is 1810. The highest BCUT2D eigenvalue weighted by Gasteiger charge is 2.16. The summed E-state index contributed by atoms with van der Waals surface area (Å²) < 4.78 is 4.27. The van der Waals surface area contributed by atoms with Crippen LogP contribution in [0.3, 0.4) is 0 Å². The Kier molecular flexibility index (Phi) is 4.96. The molecule has 37 heavy (non-hydrogen) atoms. The normalized spacial score (nSPS) is 11.4. The predicted octanol–water partition coefficient (Wildman–Crippen LogP) is 8.01. The molecule has 0 saturated heterocycles. The van der Waals surface area contributed by atoms with Gasteiger partial charge >= 0.3 is 0 Å². The van der Waals surface area contributed by atoms with Crippen molar-refractivity contribution in [3.05, 3.63) is 133 Å². The molecular weight excluding hydrogens is 452 g/mol. The molecular formula is C33H24N4. The van der Waals surface area contributed by atoms with Crippen molar-refractivity contribution in [2.45, 2.75) is 6.92 Å². The van der Waals surface area contributed by atoms with Crippen LogP contribution < -0.4 is 0 Å². The van der Waals surface area contributed by atoms with E-state index >= 15 is 0 Å². The Morgan fingerprint density at radius 3 is 1.73 bits per heavy atom. The van der Waals surface area contributed by atoms with Crippen LogP contribution in [0.1, 0.15) is 5.56 Å². The van der Waals surface area contributed by atoms with Gasteiger partial charge in [-0.1, -0.05) is 96.6 Å². The standard InChI is InChI=1S/C33H24N4/c1-23-15-17-25(18-16-23)33-34-32(24-9-3-2-4-10-24)35-37(33)27-21-19-26(20-22-27)36-30-13-7-5-11-28(30)29-12-6-8-14-31(29)36/h2-22H,1H3. The molecule has 0 saturated carbocycles. The largest absolute Gasteiger partial charge is 0.309 e. The van der Waals surface area contributed by atoms with Gasteiger partial charge < -0.3 is 4.57 Å². The fraction of sp³-hybridized carbons (Fsp3) is 0.0303. The average molecular weight is 477 g/mol. The third kappa shape index (κ3) is 3.62. The number of aryl methyl sites for hydroxylation is 1. The SMILES string of the molecule is Cc1ccc(-c2nc(-c3ccccc3)nn2-c2ccc(-n3c4ccccc4c4ccccc43)cc2)cc1. The molecule has 0 aliphatic carbocycles. The topological polar surface area (TPSA) is 35.6 Å². The summed E-state index contributed by atoms with van der Waals surface area (Å²) in [6.07, 6.45) is 0. The highest BCUT2D eigenvalue weighted by Crippen LogP contribution is 2.32. The second-order valence-electron chi connectivity index (χ2n) is 9.29. The fourth-order valence-corrected chi connectivity index (χ4v) is 5.03. The van der Waals surface area contributed by atoms with Crippen LogP contribution >= 0.6 is 0 Å². The number of rotatable bonds is 4. The van der Waals surface area contributed by atoms with Crippen LogP contribution in [-0.4, -0.2) is 19.3 Å². The van der Waals surface area contributed by atoms with Gasteiger partial charge in [0.1, 0.15) is 0 Å². The predicted molar refractivity (Wildman–Crippen MR) is 151 cm³/mol. The van der Waals surface area contributed by atoms with Gasteiger partial charge in [-0.2, -0.15) is 0 Å². The molecule has 0 unspecified atom stereocenters. The number of para-hydroxylation sites is 2. The summed E-state index contributed by atoms with van der Waals surface area (Å²) in [5, 5.41) is 7.45. The molecule has 0 bridgehead atoms. The lowest BCUT2D eigenvalue weighted by atomic mass is 10.1. The van der Waals surface area contributed by atoms with Gasteiger partial charge in [0.2, 0.25) is 0 Å². The molecule has 7 aromatic rings. The average Bonchev–Trinajstić information content (AvgIpc) is 3.55. The van der Waals surface area contributed by atoms with Crippen LogP contribution in [0, 0.1) is 6.92 Å². The van der Waals surface area contributed by atoms with Gasteiger partial charge in [-0.05, 0) is 43.3 Å². The first-order chi connectivity index (χ1) is 18.3. The van der Waals surface area contributed by atoms with E-state index in [0.29, 0.717) is 5.82 Å². The van der Waals surface area contributed by atoms with E-state index in [1.807, 2.05) is 35.0 Å². The zero-order chi connectivity index (χ0) is 24.8. The maximum atomic E-state index is 4.96. The minimum atomic E-state index is 0.711. The van der Waals surface area contributed by atoms with Gasteiger partial charge in [0.05, 0.1) is 16.7 Å². The lowest BCUT2D eigenvalue weighted by Gasteiger charge is -2.10. The van der Waals surface area contributed by atoms with Gasteiger partial charge in [0, 0.05) is 27.6 Å². The Morgan fingerprint density at radius 1 is 0.514 bits per heavy atom. The molecule has 0 amide bonds. The summed E-state index contributed by atoms with van der Waals surface area (Å²) in [4.78, 5) is 4.96. The van der Waals surface area contributed by atoms with Gasteiger partial charge in [-0.15, -0.1) is 5.10 Å². The van der Waals surface area contributed by atoms with Crippen molar-refractivity contribution in [2.75, 3.05) is 0 Å². The van der Waals surface area contributed by atoms with Crippen molar-refractivity contribution >= 4 is 21.8 Å². The summed E-state index contributed by atoms with van der Waals surface area (Å²) in [5.41, 5.74) is 7.72. The molecule has 0 N–H and O–H groups in total. The van der Waals surface area contributed by atoms with E-state index in [0.717, 1.165) is 28.3 Å². The first kappa shape index (κ1) is 21.3. The molecule has 4 nitrogen and oxygen atoms in total. The van der Waals surface area contributed by atoms with Crippen LogP contribution in [0.2, 0.25) is 0 Å². The molecule has 176 valence electrons. The summed E-state index contributed by atoms with van der Waals surface area (Å²) in [7, 11) is 0. The number of nitrogens with zero attached hydrogens (tertiary/aromatic N) is 4. The van der Waals surface area contributed by atoms with Gasteiger partial charge in [0.15, 0.2) is 11.6 Å². The Hall–Kier alpha value is -4.96. The zero-order valence-electron chi connectivity index (χ0n) is 20.4. The van der Waals surface area contributed by atoms with E-state index in [1.165, 1.54) is 27.4 Å². The number of hydrogen-bond acceptors (Lipinski definition) is 2. The monoisotopic (exact) mass is 476 g/mol. The summed E-state index contributed by atoms with van der Waals surface area (Å²) >= 11 is 0. The van der Waals surface area contributed by atoms with E-state index < -0.39 is 0 Å². The van der Waals surface area contributed by atoms with E-state index in [-0.39, 0.29) is 0 Å².